The maximum Gasteiger partial charge on any atom is 0.137 e. The molecule has 0 radical (unpaired) electrons. The number of fused-ring (bicyclic) bond motifs is 1. The molecule has 2 heteroatoms. The van der Waals surface area contributed by atoms with Crippen molar-refractivity contribution in [1.82, 2.24) is 4.98 Å². The molecule has 0 amide bonds. The molecule has 1 aromatic heterocycles. The minimum atomic E-state index is 0.303. The molecule has 0 aliphatic rings. The number of para-hydroxylation sites is 1. The maximum atomic E-state index is 10.2. The van der Waals surface area contributed by atoms with Gasteiger partial charge in [-0.1, -0.05) is 69.7 Å². The highest BCUT2D eigenvalue weighted by molar-refractivity contribution is 5.80. The minimum Gasteiger partial charge on any atom is -0.506 e. The van der Waals surface area contributed by atoms with Gasteiger partial charge in [0.15, 0.2) is 0 Å². The average molecular weight is 297 g/mol. The Morgan fingerprint density at radius 3 is 2.50 bits per heavy atom. The van der Waals surface area contributed by atoms with Gasteiger partial charge in [0.05, 0.1) is 5.52 Å². The largest absolute Gasteiger partial charge is 0.506 e. The van der Waals surface area contributed by atoms with E-state index in [2.05, 4.69) is 11.9 Å². The minimum absolute atomic E-state index is 0.303. The fraction of sp³-hybridized carbons (Fsp3) is 0.450. The third-order valence-corrected chi connectivity index (χ3v) is 4.01. The van der Waals surface area contributed by atoms with Crippen LogP contribution in [0.25, 0.3) is 16.7 Å². The second-order valence-corrected chi connectivity index (χ2v) is 5.89. The van der Waals surface area contributed by atoms with E-state index in [1.165, 1.54) is 38.5 Å². The number of aliphatic hydroxyl groups excluding tert-OH is 1. The van der Waals surface area contributed by atoms with Gasteiger partial charge in [0.25, 0.3) is 0 Å². The molecule has 2 aromatic rings. The molecule has 0 saturated heterocycles. The molecule has 2 nitrogen and oxygen atoms in total. The first kappa shape index (κ1) is 16.5. The van der Waals surface area contributed by atoms with Gasteiger partial charge in [-0.2, -0.15) is 0 Å². The second kappa shape index (κ2) is 9.24. The summed E-state index contributed by atoms with van der Waals surface area (Å²) in [5, 5.41) is 11.3. The molecule has 118 valence electrons. The molecular weight excluding hydrogens is 270 g/mol. The van der Waals surface area contributed by atoms with Crippen molar-refractivity contribution in [2.75, 3.05) is 0 Å². The Labute approximate surface area is 133 Å². The van der Waals surface area contributed by atoms with Crippen LogP contribution in [0.2, 0.25) is 0 Å². The van der Waals surface area contributed by atoms with Crippen LogP contribution in [0.4, 0.5) is 0 Å². The molecule has 0 bridgehead atoms. The summed E-state index contributed by atoms with van der Waals surface area (Å²) in [5.41, 5.74) is 1.59. The highest BCUT2D eigenvalue weighted by Crippen LogP contribution is 2.17. The summed E-state index contributed by atoms with van der Waals surface area (Å²) in [5.74, 6) is 0.303. The SMILES string of the molecule is CCCCCCCCCC=C(O)c1ccc2ccccc2n1. The van der Waals surface area contributed by atoms with E-state index in [-0.39, 0.29) is 0 Å². The average Bonchev–Trinajstić information content (AvgIpc) is 2.56. The number of nitrogens with zero attached hydrogens (tertiary/aromatic N) is 1. The first-order valence-electron chi connectivity index (χ1n) is 8.56. The van der Waals surface area contributed by atoms with Gasteiger partial charge in [0, 0.05) is 5.39 Å². The van der Waals surface area contributed by atoms with Crippen molar-refractivity contribution in [2.45, 2.75) is 58.3 Å². The molecule has 0 spiro atoms. The van der Waals surface area contributed by atoms with E-state index in [1.807, 2.05) is 42.5 Å². The molecule has 22 heavy (non-hydrogen) atoms. The van der Waals surface area contributed by atoms with Gasteiger partial charge in [0.2, 0.25) is 0 Å². The highest BCUT2D eigenvalue weighted by atomic mass is 16.3. The van der Waals surface area contributed by atoms with E-state index in [0.29, 0.717) is 11.5 Å². The number of hydrogen-bond donors (Lipinski definition) is 1. The molecule has 0 saturated carbocycles. The first-order valence-corrected chi connectivity index (χ1v) is 8.56. The number of benzene rings is 1. The number of pyridine rings is 1. The fourth-order valence-electron chi connectivity index (χ4n) is 2.65. The summed E-state index contributed by atoms with van der Waals surface area (Å²) in [6.07, 6.45) is 11.9. The van der Waals surface area contributed by atoms with Gasteiger partial charge < -0.3 is 5.11 Å². The van der Waals surface area contributed by atoms with E-state index >= 15 is 0 Å². The first-order chi connectivity index (χ1) is 10.8. The molecule has 0 atom stereocenters. The van der Waals surface area contributed by atoms with Crippen LogP contribution in [0.1, 0.15) is 64.0 Å². The highest BCUT2D eigenvalue weighted by Gasteiger charge is 2.02. The summed E-state index contributed by atoms with van der Waals surface area (Å²) >= 11 is 0. The molecule has 1 aromatic carbocycles. The van der Waals surface area contributed by atoms with Crippen LogP contribution in [0.5, 0.6) is 0 Å². The van der Waals surface area contributed by atoms with Crippen LogP contribution in [0, 0.1) is 0 Å². The molecule has 0 unspecified atom stereocenters. The Balaban J connectivity index is 1.78. The Morgan fingerprint density at radius 1 is 0.955 bits per heavy atom. The monoisotopic (exact) mass is 297 g/mol. The Kier molecular flexibility index (Phi) is 6.95. The van der Waals surface area contributed by atoms with Crippen molar-refractivity contribution in [2.24, 2.45) is 0 Å². The van der Waals surface area contributed by atoms with Crippen molar-refractivity contribution in [3.8, 4) is 0 Å². The zero-order chi connectivity index (χ0) is 15.6. The Hall–Kier alpha value is -1.83. The van der Waals surface area contributed by atoms with E-state index < -0.39 is 0 Å². The standard InChI is InChI=1S/C20H27NO/c1-2-3-4-5-6-7-8-9-14-20(22)19-16-15-17-12-10-11-13-18(17)21-19/h10-16,22H,2-9H2,1H3. The summed E-state index contributed by atoms with van der Waals surface area (Å²) in [6.45, 7) is 2.24. The molecule has 2 rings (SSSR count). The lowest BCUT2D eigenvalue weighted by Crippen LogP contribution is -1.89. The molecule has 0 aliphatic heterocycles. The zero-order valence-electron chi connectivity index (χ0n) is 13.6. The van der Waals surface area contributed by atoms with Gasteiger partial charge in [-0.05, 0) is 31.1 Å². The number of aliphatic hydroxyl groups is 1. The van der Waals surface area contributed by atoms with Crippen LogP contribution in [0.15, 0.2) is 42.5 Å². The van der Waals surface area contributed by atoms with E-state index in [4.69, 9.17) is 0 Å². The number of rotatable bonds is 9. The van der Waals surface area contributed by atoms with Crippen molar-refractivity contribution in [3.63, 3.8) is 0 Å². The second-order valence-electron chi connectivity index (χ2n) is 5.89. The summed E-state index contributed by atoms with van der Waals surface area (Å²) in [4.78, 5) is 4.51. The van der Waals surface area contributed by atoms with Crippen molar-refractivity contribution >= 4 is 16.7 Å². The van der Waals surface area contributed by atoms with Gasteiger partial charge in [0.1, 0.15) is 11.5 Å². The van der Waals surface area contributed by atoms with Crippen molar-refractivity contribution in [3.05, 3.63) is 48.2 Å². The topological polar surface area (TPSA) is 33.1 Å². The number of allylic oxidation sites excluding steroid dienone is 1. The van der Waals surface area contributed by atoms with Gasteiger partial charge in [-0.25, -0.2) is 4.98 Å². The number of aromatic nitrogens is 1. The fourth-order valence-corrected chi connectivity index (χ4v) is 2.65. The lowest BCUT2D eigenvalue weighted by Gasteiger charge is -2.03. The number of unbranched alkanes of at least 4 members (excludes halogenated alkanes) is 7. The van der Waals surface area contributed by atoms with Gasteiger partial charge in [-0.3, -0.25) is 0 Å². The third kappa shape index (κ3) is 5.18. The lowest BCUT2D eigenvalue weighted by atomic mass is 10.1. The predicted molar refractivity (Wildman–Crippen MR) is 95.0 cm³/mol. The molecule has 0 aliphatic carbocycles. The number of hydrogen-bond acceptors (Lipinski definition) is 2. The van der Waals surface area contributed by atoms with Crippen LogP contribution < -0.4 is 0 Å². The third-order valence-electron chi connectivity index (χ3n) is 4.01. The van der Waals surface area contributed by atoms with Crippen molar-refractivity contribution < 1.29 is 5.11 Å². The zero-order valence-corrected chi connectivity index (χ0v) is 13.6. The van der Waals surface area contributed by atoms with Crippen LogP contribution in [-0.4, -0.2) is 10.1 Å². The van der Waals surface area contributed by atoms with Crippen molar-refractivity contribution in [1.29, 1.82) is 0 Å². The molecular formula is C20H27NO. The molecule has 0 fully saturated rings. The van der Waals surface area contributed by atoms with Crippen LogP contribution in [-0.2, 0) is 0 Å². The van der Waals surface area contributed by atoms with E-state index in [9.17, 15) is 5.11 Å². The Morgan fingerprint density at radius 2 is 1.68 bits per heavy atom. The summed E-state index contributed by atoms with van der Waals surface area (Å²) in [6, 6.07) is 11.9. The maximum absolute atomic E-state index is 10.2. The quantitative estimate of drug-likeness (QED) is 0.437. The van der Waals surface area contributed by atoms with Gasteiger partial charge >= 0.3 is 0 Å². The molecule has 1 N–H and O–H groups in total. The van der Waals surface area contributed by atoms with E-state index in [0.717, 1.165) is 23.7 Å². The van der Waals surface area contributed by atoms with Crippen LogP contribution in [0.3, 0.4) is 0 Å². The molecule has 1 heterocycles. The summed E-state index contributed by atoms with van der Waals surface area (Å²) < 4.78 is 0. The normalized spacial score (nSPS) is 12.0. The Bertz CT molecular complexity index is 603. The van der Waals surface area contributed by atoms with E-state index in [1.54, 1.807) is 0 Å². The predicted octanol–water partition coefficient (Wildman–Crippen LogP) is 6.27. The lowest BCUT2D eigenvalue weighted by molar-refractivity contribution is 0.504. The summed E-state index contributed by atoms with van der Waals surface area (Å²) in [7, 11) is 0. The van der Waals surface area contributed by atoms with Crippen LogP contribution >= 0.6 is 0 Å². The smallest absolute Gasteiger partial charge is 0.137 e. The van der Waals surface area contributed by atoms with Gasteiger partial charge in [-0.15, -0.1) is 0 Å².